The van der Waals surface area contributed by atoms with Gasteiger partial charge in [0.1, 0.15) is 35.2 Å². The van der Waals surface area contributed by atoms with Crippen LogP contribution in [0.4, 0.5) is 5.13 Å². The number of fused-ring (bicyclic) bond motifs is 1. The summed E-state index contributed by atoms with van der Waals surface area (Å²) < 4.78 is 46.6. The van der Waals surface area contributed by atoms with E-state index in [-0.39, 0.29) is 47.6 Å². The first kappa shape index (κ1) is 65.2. The lowest BCUT2D eigenvalue weighted by Crippen LogP contribution is -2.30. The predicted octanol–water partition coefficient (Wildman–Crippen LogP) is 14.1. The molecule has 4 aromatic carbocycles. The van der Waals surface area contributed by atoms with E-state index < -0.39 is 35.9 Å². The molecule has 2 aliphatic rings. The maximum atomic E-state index is 14.2. The fraction of sp³-hybridized carbons (Fsp3) is 0.485. The van der Waals surface area contributed by atoms with E-state index in [4.69, 9.17) is 59.6 Å². The lowest BCUT2D eigenvalue weighted by molar-refractivity contribution is -0.143. The maximum Gasteiger partial charge on any atom is 0.339 e. The van der Waals surface area contributed by atoms with Crippen LogP contribution in [0.1, 0.15) is 168 Å². The van der Waals surface area contributed by atoms with Crippen molar-refractivity contribution in [3.63, 3.8) is 0 Å². The second-order valence-corrected chi connectivity index (χ2v) is 22.7. The number of unbranched alkanes of at least 4 members (excludes halogenated alkanes) is 9. The van der Waals surface area contributed by atoms with E-state index in [0.717, 1.165) is 93.3 Å². The van der Waals surface area contributed by atoms with Crippen molar-refractivity contribution < 1.29 is 66.7 Å². The van der Waals surface area contributed by atoms with Gasteiger partial charge >= 0.3 is 35.8 Å². The van der Waals surface area contributed by atoms with Crippen LogP contribution in [0.25, 0.3) is 10.2 Å². The molecule has 1 heterocycles. The van der Waals surface area contributed by atoms with Crippen molar-refractivity contribution in [3.8, 4) is 23.0 Å². The third kappa shape index (κ3) is 22.2. The van der Waals surface area contributed by atoms with Crippen LogP contribution in [0.5, 0.6) is 23.0 Å². The van der Waals surface area contributed by atoms with Crippen LogP contribution in [0.15, 0.2) is 109 Å². The van der Waals surface area contributed by atoms with Crippen molar-refractivity contribution in [2.75, 3.05) is 43.9 Å². The lowest BCUT2D eigenvalue weighted by atomic mass is 9.87. The second-order valence-electron chi connectivity index (χ2n) is 21.3. The molecule has 0 aliphatic heterocycles. The second kappa shape index (κ2) is 35.9. The molecule has 0 bridgehead atoms. The van der Waals surface area contributed by atoms with Gasteiger partial charge in [0.25, 0.3) is 0 Å². The van der Waals surface area contributed by atoms with Crippen LogP contribution in [0, 0.1) is 11.8 Å². The zero-order valence-electron chi connectivity index (χ0n) is 48.8. The Morgan fingerprint density at radius 2 is 1.16 bits per heavy atom. The van der Waals surface area contributed by atoms with Gasteiger partial charge in [-0.15, -0.1) is 11.6 Å². The van der Waals surface area contributed by atoms with Crippen molar-refractivity contribution in [2.45, 2.75) is 154 Å². The molecule has 2 saturated carbocycles. The number of esters is 6. The first-order valence-electron chi connectivity index (χ1n) is 30.1. The van der Waals surface area contributed by atoms with Crippen LogP contribution < -0.4 is 24.0 Å². The molecule has 19 heteroatoms. The van der Waals surface area contributed by atoms with Gasteiger partial charge in [-0.05, 0) is 188 Å². The van der Waals surface area contributed by atoms with E-state index in [0.29, 0.717) is 118 Å². The van der Waals surface area contributed by atoms with Gasteiger partial charge in [0.05, 0.1) is 72.2 Å². The summed E-state index contributed by atoms with van der Waals surface area (Å²) in [5.74, 6) is -1.02. The standard InChI is InChI=1S/C66H80ClN3O14S/c1-3-5-6-13-40-70(66-69-58-18-11-12-19-59(58)85-66)68-46-50-45-56(84-64(75)49-22-28-53(29-23-49)81-62(73)47-20-26-51(27-21-47)77-41-14-8-10-17-44-80-61(72)38-39-67)36-37-57(50)65(76)83-54-30-24-48(25-31-54)63(74)82-55-34-32-52(33-35-55)78-42-15-7-9-16-43-79-60(71)4-2/h4,11-12,18-21,26-27,32-37,45-46,48-49,53-54H,2-3,5-10,13-17,22-25,28-31,38-44H2,1H3/b68-46+. The van der Waals surface area contributed by atoms with Gasteiger partial charge in [-0.25, -0.2) is 24.4 Å². The Hall–Kier alpha value is -7.31. The van der Waals surface area contributed by atoms with Gasteiger partial charge in [-0.3, -0.25) is 14.4 Å². The number of aromatic nitrogens is 1. The van der Waals surface area contributed by atoms with Crippen molar-refractivity contribution in [3.05, 3.63) is 120 Å². The molecule has 0 radical (unpaired) electrons. The Labute approximate surface area is 507 Å². The Morgan fingerprint density at radius 3 is 1.76 bits per heavy atom. The third-order valence-corrected chi connectivity index (χ3v) is 16.0. The summed E-state index contributed by atoms with van der Waals surface area (Å²) in [7, 11) is 0. The van der Waals surface area contributed by atoms with Gasteiger partial charge in [0.15, 0.2) is 0 Å². The summed E-state index contributed by atoms with van der Waals surface area (Å²) in [5.41, 5.74) is 1.90. The number of nitrogens with zero attached hydrogens (tertiary/aromatic N) is 3. The molecule has 2 fully saturated rings. The quantitative estimate of drug-likeness (QED) is 0.00541. The van der Waals surface area contributed by atoms with Crippen LogP contribution in [-0.2, 0) is 38.1 Å². The van der Waals surface area contributed by atoms with Gasteiger partial charge in [-0.1, -0.05) is 56.2 Å². The van der Waals surface area contributed by atoms with E-state index in [1.165, 1.54) is 11.3 Å². The number of hydrogen-bond acceptors (Lipinski definition) is 18. The normalized spacial score (nSPS) is 16.7. The number of ether oxygens (including phenoxy) is 8. The van der Waals surface area contributed by atoms with Gasteiger partial charge < -0.3 is 37.9 Å². The molecular weight excluding hydrogens is 1130 g/mol. The average Bonchev–Trinajstić information content (AvgIpc) is 3.83. The van der Waals surface area contributed by atoms with Gasteiger partial charge in [-0.2, -0.15) is 5.10 Å². The van der Waals surface area contributed by atoms with Crippen molar-refractivity contribution in [1.82, 2.24) is 4.98 Å². The number of thiazole rings is 1. The van der Waals surface area contributed by atoms with E-state index in [9.17, 15) is 28.8 Å². The Balaban J connectivity index is 0.904. The molecule has 0 spiro atoms. The largest absolute Gasteiger partial charge is 0.494 e. The van der Waals surface area contributed by atoms with Crippen molar-refractivity contribution >= 4 is 80.3 Å². The Morgan fingerprint density at radius 1 is 0.624 bits per heavy atom. The number of alkyl halides is 1. The number of rotatable bonds is 35. The van der Waals surface area contributed by atoms with Crippen molar-refractivity contribution in [1.29, 1.82) is 0 Å². The molecule has 5 aromatic rings. The number of hydrogen-bond donors (Lipinski definition) is 0. The number of halogens is 1. The van der Waals surface area contributed by atoms with Gasteiger partial charge in [0, 0.05) is 24.1 Å². The molecule has 0 amide bonds. The number of hydrazone groups is 1. The highest BCUT2D eigenvalue weighted by Crippen LogP contribution is 2.33. The van der Waals surface area contributed by atoms with E-state index in [1.54, 1.807) is 72.9 Å². The Bertz CT molecular complexity index is 2920. The zero-order valence-corrected chi connectivity index (χ0v) is 50.3. The van der Waals surface area contributed by atoms with Crippen molar-refractivity contribution in [2.24, 2.45) is 16.9 Å². The first-order valence-corrected chi connectivity index (χ1v) is 31.5. The Kier molecular flexibility index (Phi) is 27.5. The minimum Gasteiger partial charge on any atom is -0.494 e. The smallest absolute Gasteiger partial charge is 0.339 e. The highest BCUT2D eigenvalue weighted by molar-refractivity contribution is 7.22. The topological polar surface area (TPSA) is 205 Å². The molecule has 1 aromatic heterocycles. The summed E-state index contributed by atoms with van der Waals surface area (Å²) in [4.78, 5) is 81.9. The molecule has 17 nitrogen and oxygen atoms in total. The monoisotopic (exact) mass is 1210 g/mol. The number of benzene rings is 4. The number of anilines is 1. The molecule has 0 unspecified atom stereocenters. The van der Waals surface area contributed by atoms with Crippen LogP contribution in [0.3, 0.4) is 0 Å². The fourth-order valence-corrected chi connectivity index (χ4v) is 11.0. The molecule has 85 heavy (non-hydrogen) atoms. The third-order valence-electron chi connectivity index (χ3n) is 14.8. The number of carbonyl (C=O) groups excluding carboxylic acids is 6. The van der Waals surface area contributed by atoms with Crippen LogP contribution >= 0.6 is 22.9 Å². The average molecular weight is 1210 g/mol. The molecular formula is C66H80ClN3O14S. The summed E-state index contributed by atoms with van der Waals surface area (Å²) in [6.45, 7) is 7.97. The van der Waals surface area contributed by atoms with Crippen LogP contribution in [0.2, 0.25) is 0 Å². The minimum atomic E-state index is -0.564. The molecule has 7 rings (SSSR count). The first-order chi connectivity index (χ1) is 41.5. The molecule has 2 aliphatic carbocycles. The van der Waals surface area contributed by atoms with E-state index in [2.05, 4.69) is 13.5 Å². The number of para-hydroxylation sites is 1. The molecule has 456 valence electrons. The lowest BCUT2D eigenvalue weighted by Gasteiger charge is -2.27. The highest BCUT2D eigenvalue weighted by atomic mass is 35.5. The number of carbonyl (C=O) groups is 6. The summed E-state index contributed by atoms with van der Waals surface area (Å²) in [6.07, 6.45) is 16.9. The molecule has 0 N–H and O–H groups in total. The SMILES string of the molecule is C=CC(=O)OCCCCCCOc1ccc(OC(=O)C2CCC(OC(=O)c3ccc(OC(=O)C4CCC(OC(=O)c5ccc(OCCCCCCOC(=O)CCCl)cc5)CC4)cc3/C=N/N(CCCCCC)c3nc4ccccc4s3)CC2)cc1. The molecule has 0 atom stereocenters. The predicted molar refractivity (Wildman–Crippen MR) is 327 cm³/mol. The van der Waals surface area contributed by atoms with E-state index >= 15 is 0 Å². The van der Waals surface area contributed by atoms with E-state index in [1.807, 2.05) is 29.3 Å². The van der Waals surface area contributed by atoms with Crippen LogP contribution in [-0.4, -0.2) is 98.1 Å². The maximum absolute atomic E-state index is 14.2. The fourth-order valence-electron chi connectivity index (χ4n) is 9.91. The minimum absolute atomic E-state index is 0.220. The molecule has 0 saturated heterocycles. The summed E-state index contributed by atoms with van der Waals surface area (Å²) in [5, 5.41) is 7.49. The summed E-state index contributed by atoms with van der Waals surface area (Å²) in [6, 6.07) is 26.5. The highest BCUT2D eigenvalue weighted by Gasteiger charge is 2.32. The van der Waals surface area contributed by atoms with Gasteiger partial charge in [0.2, 0.25) is 5.13 Å². The summed E-state index contributed by atoms with van der Waals surface area (Å²) >= 11 is 7.09. The zero-order chi connectivity index (χ0) is 60.0.